The maximum atomic E-state index is 11.8. The largest absolute Gasteiger partial charge is 0.486 e. The molecule has 1 N–H and O–H groups in total. The van der Waals surface area contributed by atoms with Gasteiger partial charge in [0.25, 0.3) is 0 Å². The van der Waals surface area contributed by atoms with E-state index in [4.69, 9.17) is 9.47 Å². The van der Waals surface area contributed by atoms with Gasteiger partial charge >= 0.3 is 0 Å². The standard InChI is InChI=1S/C14H21NO4S/c1-4-15-14(10(2)20(3,16)17)11-5-6-12-13(9-11)19-8-7-18-12/h5-6,9-10,14-15H,4,7-8H2,1-3H3. The van der Waals surface area contributed by atoms with Crippen LogP contribution in [0.25, 0.3) is 0 Å². The molecule has 2 unspecified atom stereocenters. The van der Waals surface area contributed by atoms with Crippen molar-refractivity contribution in [3.8, 4) is 11.5 Å². The van der Waals surface area contributed by atoms with Crippen LogP contribution in [-0.2, 0) is 9.84 Å². The van der Waals surface area contributed by atoms with Crippen LogP contribution in [0.3, 0.4) is 0 Å². The Balaban J connectivity index is 2.34. The zero-order chi connectivity index (χ0) is 14.8. The van der Waals surface area contributed by atoms with Crippen LogP contribution in [0, 0.1) is 0 Å². The van der Waals surface area contributed by atoms with E-state index in [2.05, 4.69) is 5.32 Å². The van der Waals surface area contributed by atoms with Crippen LogP contribution in [0.2, 0.25) is 0 Å². The maximum absolute atomic E-state index is 11.8. The Hall–Kier alpha value is -1.27. The summed E-state index contributed by atoms with van der Waals surface area (Å²) in [6.45, 7) is 5.44. The minimum Gasteiger partial charge on any atom is -0.486 e. The zero-order valence-electron chi connectivity index (χ0n) is 12.0. The molecule has 112 valence electrons. The van der Waals surface area contributed by atoms with E-state index in [0.29, 0.717) is 31.3 Å². The van der Waals surface area contributed by atoms with E-state index in [1.54, 1.807) is 6.92 Å². The Morgan fingerprint density at radius 1 is 1.25 bits per heavy atom. The van der Waals surface area contributed by atoms with Crippen molar-refractivity contribution in [1.82, 2.24) is 5.32 Å². The first kappa shape index (κ1) is 15.1. The lowest BCUT2D eigenvalue weighted by atomic mass is 10.0. The van der Waals surface area contributed by atoms with E-state index in [9.17, 15) is 8.42 Å². The number of nitrogens with one attached hydrogen (secondary N) is 1. The SMILES string of the molecule is CCNC(c1ccc2c(c1)OCCO2)C(C)S(C)(=O)=O. The molecular formula is C14H21NO4S. The molecule has 1 aliphatic heterocycles. The number of fused-ring (bicyclic) bond motifs is 1. The van der Waals surface area contributed by atoms with Crippen molar-refractivity contribution in [3.05, 3.63) is 23.8 Å². The summed E-state index contributed by atoms with van der Waals surface area (Å²) in [6.07, 6.45) is 1.26. The quantitative estimate of drug-likeness (QED) is 0.893. The first-order chi connectivity index (χ1) is 9.43. The molecule has 1 aromatic rings. The highest BCUT2D eigenvalue weighted by atomic mass is 32.2. The number of sulfone groups is 1. The summed E-state index contributed by atoms with van der Waals surface area (Å²) in [7, 11) is -3.13. The third kappa shape index (κ3) is 3.24. The average Bonchev–Trinajstić information content (AvgIpc) is 2.42. The summed E-state index contributed by atoms with van der Waals surface area (Å²) in [5, 5.41) is 2.73. The molecule has 20 heavy (non-hydrogen) atoms. The van der Waals surface area contributed by atoms with Gasteiger partial charge in [0, 0.05) is 12.3 Å². The van der Waals surface area contributed by atoms with Crippen molar-refractivity contribution in [1.29, 1.82) is 0 Å². The summed E-state index contributed by atoms with van der Waals surface area (Å²) < 4.78 is 34.7. The van der Waals surface area contributed by atoms with E-state index in [-0.39, 0.29) is 6.04 Å². The van der Waals surface area contributed by atoms with Gasteiger partial charge in [-0.15, -0.1) is 0 Å². The van der Waals surface area contributed by atoms with Crippen molar-refractivity contribution in [3.63, 3.8) is 0 Å². The number of benzene rings is 1. The summed E-state index contributed by atoms with van der Waals surface area (Å²) in [4.78, 5) is 0. The lowest BCUT2D eigenvalue weighted by Gasteiger charge is -2.26. The van der Waals surface area contributed by atoms with Crippen LogP contribution >= 0.6 is 0 Å². The van der Waals surface area contributed by atoms with Crippen molar-refractivity contribution in [2.75, 3.05) is 26.0 Å². The van der Waals surface area contributed by atoms with Gasteiger partial charge < -0.3 is 14.8 Å². The Bertz CT molecular complexity index is 571. The minimum absolute atomic E-state index is 0.258. The molecule has 6 heteroatoms. The molecule has 0 bridgehead atoms. The lowest BCUT2D eigenvalue weighted by molar-refractivity contribution is 0.171. The minimum atomic E-state index is -3.13. The predicted octanol–water partition coefficient (Wildman–Crippen LogP) is 1.54. The molecule has 0 radical (unpaired) electrons. The van der Waals surface area contributed by atoms with Crippen LogP contribution in [-0.4, -0.2) is 39.7 Å². The molecule has 0 aromatic heterocycles. The third-order valence-electron chi connectivity index (χ3n) is 3.49. The van der Waals surface area contributed by atoms with Gasteiger partial charge in [-0.05, 0) is 31.2 Å². The normalized spacial score (nSPS) is 17.6. The molecule has 0 amide bonds. The van der Waals surface area contributed by atoms with E-state index >= 15 is 0 Å². The van der Waals surface area contributed by atoms with E-state index < -0.39 is 15.1 Å². The molecule has 1 heterocycles. The van der Waals surface area contributed by atoms with Crippen LogP contribution in [0.1, 0.15) is 25.5 Å². The molecule has 0 saturated heterocycles. The van der Waals surface area contributed by atoms with Gasteiger partial charge in [-0.1, -0.05) is 13.0 Å². The van der Waals surface area contributed by atoms with Gasteiger partial charge in [-0.25, -0.2) is 8.42 Å². The lowest BCUT2D eigenvalue weighted by Crippen LogP contribution is -2.35. The van der Waals surface area contributed by atoms with Gasteiger partial charge in [0.1, 0.15) is 13.2 Å². The molecule has 0 spiro atoms. The number of rotatable bonds is 5. The fourth-order valence-corrected chi connectivity index (χ4v) is 3.02. The molecule has 5 nitrogen and oxygen atoms in total. The van der Waals surface area contributed by atoms with E-state index in [1.807, 2.05) is 25.1 Å². The summed E-state index contributed by atoms with van der Waals surface area (Å²) in [6, 6.07) is 5.33. The number of hydrogen-bond donors (Lipinski definition) is 1. The Morgan fingerprint density at radius 2 is 1.90 bits per heavy atom. The molecule has 1 aromatic carbocycles. The van der Waals surface area contributed by atoms with Crippen LogP contribution in [0.15, 0.2) is 18.2 Å². The van der Waals surface area contributed by atoms with Crippen molar-refractivity contribution >= 4 is 9.84 Å². The van der Waals surface area contributed by atoms with Gasteiger partial charge in [0.15, 0.2) is 21.3 Å². The summed E-state index contributed by atoms with van der Waals surface area (Å²) in [5.41, 5.74) is 0.897. The van der Waals surface area contributed by atoms with Crippen LogP contribution < -0.4 is 14.8 Å². The fourth-order valence-electron chi connectivity index (χ4n) is 2.28. The average molecular weight is 299 g/mol. The van der Waals surface area contributed by atoms with Crippen LogP contribution in [0.5, 0.6) is 11.5 Å². The Morgan fingerprint density at radius 3 is 2.50 bits per heavy atom. The highest BCUT2D eigenvalue weighted by Gasteiger charge is 2.27. The summed E-state index contributed by atoms with van der Waals surface area (Å²) >= 11 is 0. The Kier molecular flexibility index (Phi) is 4.55. The molecule has 2 atom stereocenters. The molecule has 0 aliphatic carbocycles. The number of hydrogen-bond acceptors (Lipinski definition) is 5. The van der Waals surface area contributed by atoms with E-state index in [0.717, 1.165) is 5.56 Å². The second-order valence-electron chi connectivity index (χ2n) is 4.97. The van der Waals surface area contributed by atoms with Crippen LogP contribution in [0.4, 0.5) is 0 Å². The molecule has 0 saturated carbocycles. The van der Waals surface area contributed by atoms with E-state index in [1.165, 1.54) is 6.26 Å². The maximum Gasteiger partial charge on any atom is 0.161 e. The smallest absolute Gasteiger partial charge is 0.161 e. The topological polar surface area (TPSA) is 64.6 Å². The second-order valence-corrected chi connectivity index (χ2v) is 7.38. The van der Waals surface area contributed by atoms with Gasteiger partial charge in [0.2, 0.25) is 0 Å². The van der Waals surface area contributed by atoms with Crippen molar-refractivity contribution in [2.45, 2.75) is 25.1 Å². The first-order valence-corrected chi connectivity index (χ1v) is 8.70. The molecule has 1 aliphatic rings. The van der Waals surface area contributed by atoms with Gasteiger partial charge in [-0.2, -0.15) is 0 Å². The predicted molar refractivity (Wildman–Crippen MR) is 78.2 cm³/mol. The Labute approximate surface area is 120 Å². The monoisotopic (exact) mass is 299 g/mol. The zero-order valence-corrected chi connectivity index (χ0v) is 12.9. The second kappa shape index (κ2) is 6.01. The van der Waals surface area contributed by atoms with Gasteiger partial charge in [0.05, 0.1) is 5.25 Å². The van der Waals surface area contributed by atoms with Crippen molar-refractivity contribution < 1.29 is 17.9 Å². The first-order valence-electron chi connectivity index (χ1n) is 6.75. The van der Waals surface area contributed by atoms with Gasteiger partial charge in [-0.3, -0.25) is 0 Å². The number of ether oxygens (including phenoxy) is 2. The third-order valence-corrected chi connectivity index (χ3v) is 5.12. The summed E-state index contributed by atoms with van der Waals surface area (Å²) in [5.74, 6) is 1.39. The molecular weight excluding hydrogens is 278 g/mol. The molecule has 2 rings (SSSR count). The molecule has 0 fully saturated rings. The van der Waals surface area contributed by atoms with Crippen molar-refractivity contribution in [2.24, 2.45) is 0 Å². The fraction of sp³-hybridized carbons (Fsp3) is 0.571. The highest BCUT2D eigenvalue weighted by molar-refractivity contribution is 7.91. The highest BCUT2D eigenvalue weighted by Crippen LogP contribution is 2.34.